The first kappa shape index (κ1) is 28.7. The Morgan fingerprint density at radius 1 is 1.10 bits per heavy atom. The van der Waals surface area contributed by atoms with Gasteiger partial charge in [-0.1, -0.05) is 6.07 Å². The maximum Gasteiger partial charge on any atom is 0.412 e. The molecule has 1 aromatic heterocycles. The van der Waals surface area contributed by atoms with Crippen molar-refractivity contribution in [3.63, 3.8) is 0 Å². The van der Waals surface area contributed by atoms with Crippen molar-refractivity contribution < 1.29 is 36.6 Å². The number of hydrogen-bond acceptors (Lipinski definition) is 8. The summed E-state index contributed by atoms with van der Waals surface area (Å²) in [5.41, 5.74) is 2.21. The number of anilines is 3. The Morgan fingerprint density at radius 2 is 1.82 bits per heavy atom. The number of ether oxygens (including phenoxy) is 2. The molecule has 0 radical (unpaired) electrons. The third-order valence-electron chi connectivity index (χ3n) is 5.72. The van der Waals surface area contributed by atoms with E-state index in [1.165, 1.54) is 25.2 Å². The number of sulfonamides is 1. The topological polar surface area (TPSA) is 130 Å². The van der Waals surface area contributed by atoms with Crippen LogP contribution in [-0.2, 0) is 10.0 Å². The standard InChI is InChI=1S/C28H30FN3O7S/c1-17(2)37-25-15-22-24(16-23(25)32(12-13-33)40(4,35)36)38-26(27(22)39-28(34)30-3)18-8-10-20(11-9-18)31-21-7-5-6-19(29)14-21/h5-11,14-17,31,33H,12-13H2,1-4H3,(H,30,34). The number of carbonyl (C=O) groups is 1. The zero-order valence-electron chi connectivity index (χ0n) is 22.4. The number of carbonyl (C=O) groups excluding carboxylic acids is 1. The van der Waals surface area contributed by atoms with Crippen molar-refractivity contribution in [1.82, 2.24) is 5.32 Å². The van der Waals surface area contributed by atoms with E-state index in [-0.39, 0.29) is 47.0 Å². The fourth-order valence-corrected chi connectivity index (χ4v) is 4.97. The van der Waals surface area contributed by atoms with Crippen molar-refractivity contribution in [2.75, 3.05) is 36.1 Å². The molecule has 3 aromatic carbocycles. The minimum absolute atomic E-state index is 0.105. The Labute approximate surface area is 231 Å². The Morgan fingerprint density at radius 3 is 2.42 bits per heavy atom. The van der Waals surface area contributed by atoms with Crippen LogP contribution in [0.4, 0.5) is 26.2 Å². The summed E-state index contributed by atoms with van der Waals surface area (Å²) >= 11 is 0. The molecule has 0 atom stereocenters. The fraction of sp³-hybridized carbons (Fsp3) is 0.250. The van der Waals surface area contributed by atoms with Gasteiger partial charge in [-0.2, -0.15) is 0 Å². The molecular weight excluding hydrogens is 541 g/mol. The van der Waals surface area contributed by atoms with Crippen LogP contribution in [0.5, 0.6) is 11.5 Å². The van der Waals surface area contributed by atoms with Gasteiger partial charge in [0.25, 0.3) is 0 Å². The summed E-state index contributed by atoms with van der Waals surface area (Å²) in [5.74, 6) is 0.156. The number of fused-ring (bicyclic) bond motifs is 1. The van der Waals surface area contributed by atoms with Gasteiger partial charge >= 0.3 is 6.09 Å². The second-order valence-electron chi connectivity index (χ2n) is 9.15. The van der Waals surface area contributed by atoms with Crippen LogP contribution in [0.15, 0.2) is 65.1 Å². The van der Waals surface area contributed by atoms with Gasteiger partial charge < -0.3 is 29.6 Å². The molecule has 0 bridgehead atoms. The third-order valence-corrected chi connectivity index (χ3v) is 6.90. The van der Waals surface area contributed by atoms with Crippen molar-refractivity contribution in [1.29, 1.82) is 0 Å². The molecule has 1 heterocycles. The van der Waals surface area contributed by atoms with E-state index in [9.17, 15) is 22.7 Å². The summed E-state index contributed by atoms with van der Waals surface area (Å²) < 4.78 is 57.4. The van der Waals surface area contributed by atoms with Crippen molar-refractivity contribution in [3.05, 3.63) is 66.5 Å². The molecule has 0 aliphatic carbocycles. The molecule has 0 spiro atoms. The van der Waals surface area contributed by atoms with E-state index >= 15 is 0 Å². The number of furan rings is 1. The maximum absolute atomic E-state index is 13.6. The van der Waals surface area contributed by atoms with Gasteiger partial charge in [-0.25, -0.2) is 17.6 Å². The van der Waals surface area contributed by atoms with E-state index in [1.807, 2.05) is 0 Å². The van der Waals surface area contributed by atoms with Crippen LogP contribution in [0.1, 0.15) is 13.8 Å². The predicted molar refractivity (Wildman–Crippen MR) is 151 cm³/mol. The SMILES string of the molecule is CNC(=O)Oc1c(-c2ccc(Nc3cccc(F)c3)cc2)oc2cc(N(CCO)S(C)(=O)=O)c(OC(C)C)cc12. The van der Waals surface area contributed by atoms with Crippen molar-refractivity contribution in [2.45, 2.75) is 20.0 Å². The number of aliphatic hydroxyl groups is 1. The number of amides is 1. The molecule has 0 saturated carbocycles. The van der Waals surface area contributed by atoms with Gasteiger partial charge in [0.15, 0.2) is 11.5 Å². The number of nitrogens with zero attached hydrogens (tertiary/aromatic N) is 1. The first-order valence-corrected chi connectivity index (χ1v) is 14.2. The van der Waals surface area contributed by atoms with Crippen LogP contribution in [0.3, 0.4) is 0 Å². The first-order chi connectivity index (χ1) is 19.0. The molecule has 12 heteroatoms. The Bertz CT molecular complexity index is 1620. The first-order valence-electron chi connectivity index (χ1n) is 12.4. The molecule has 3 N–H and O–H groups in total. The summed E-state index contributed by atoms with van der Waals surface area (Å²) in [6.07, 6.45) is -0.0274. The summed E-state index contributed by atoms with van der Waals surface area (Å²) in [6.45, 7) is 2.95. The molecule has 0 unspecified atom stereocenters. The molecular formula is C28H30FN3O7S. The molecule has 0 fully saturated rings. The number of hydrogen-bond donors (Lipinski definition) is 3. The second-order valence-corrected chi connectivity index (χ2v) is 11.1. The Balaban J connectivity index is 1.85. The number of benzene rings is 3. The minimum atomic E-state index is -3.79. The third kappa shape index (κ3) is 6.46. The number of halogens is 1. The van der Waals surface area contributed by atoms with Gasteiger partial charge in [-0.05, 0) is 62.4 Å². The quantitative estimate of drug-likeness (QED) is 0.235. The van der Waals surface area contributed by atoms with Crippen molar-refractivity contribution >= 4 is 44.1 Å². The lowest BCUT2D eigenvalue weighted by Crippen LogP contribution is -2.33. The van der Waals surface area contributed by atoms with E-state index in [1.54, 1.807) is 56.3 Å². The summed E-state index contributed by atoms with van der Waals surface area (Å²) in [6, 6.07) is 16.0. The van der Waals surface area contributed by atoms with E-state index in [0.717, 1.165) is 10.6 Å². The highest BCUT2D eigenvalue weighted by atomic mass is 32.2. The molecule has 0 saturated heterocycles. The number of rotatable bonds is 10. The van der Waals surface area contributed by atoms with Crippen LogP contribution in [0, 0.1) is 5.82 Å². The highest BCUT2D eigenvalue weighted by Gasteiger charge is 2.27. The monoisotopic (exact) mass is 571 g/mol. The van der Waals surface area contributed by atoms with Crippen LogP contribution in [0.2, 0.25) is 0 Å². The number of aliphatic hydroxyl groups excluding tert-OH is 1. The zero-order chi connectivity index (χ0) is 29.0. The summed E-state index contributed by atoms with van der Waals surface area (Å²) in [5, 5.41) is 15.4. The van der Waals surface area contributed by atoms with E-state index < -0.39 is 22.7 Å². The molecule has 0 aliphatic rings. The highest BCUT2D eigenvalue weighted by molar-refractivity contribution is 7.92. The summed E-state index contributed by atoms with van der Waals surface area (Å²) in [4.78, 5) is 12.3. The minimum Gasteiger partial charge on any atom is -0.489 e. The van der Waals surface area contributed by atoms with Crippen LogP contribution in [-0.4, -0.2) is 52.2 Å². The average Bonchev–Trinajstić information content (AvgIpc) is 3.23. The molecule has 4 rings (SSSR count). The Kier molecular flexibility index (Phi) is 8.50. The fourth-order valence-electron chi connectivity index (χ4n) is 4.06. The van der Waals surface area contributed by atoms with E-state index in [2.05, 4.69) is 10.6 Å². The van der Waals surface area contributed by atoms with Gasteiger partial charge in [0, 0.05) is 30.1 Å². The van der Waals surface area contributed by atoms with Crippen LogP contribution >= 0.6 is 0 Å². The van der Waals surface area contributed by atoms with E-state index in [0.29, 0.717) is 22.3 Å². The van der Waals surface area contributed by atoms with Gasteiger partial charge in [0.2, 0.25) is 10.0 Å². The average molecular weight is 572 g/mol. The van der Waals surface area contributed by atoms with Crippen LogP contribution in [0.25, 0.3) is 22.3 Å². The molecule has 1 amide bonds. The summed E-state index contributed by atoms with van der Waals surface area (Å²) in [7, 11) is -2.37. The van der Waals surface area contributed by atoms with Crippen molar-refractivity contribution in [3.8, 4) is 22.8 Å². The molecule has 4 aromatic rings. The molecule has 10 nitrogen and oxygen atoms in total. The van der Waals surface area contributed by atoms with Gasteiger partial charge in [0.05, 0.1) is 36.6 Å². The van der Waals surface area contributed by atoms with Crippen LogP contribution < -0.4 is 24.4 Å². The predicted octanol–water partition coefficient (Wildman–Crippen LogP) is 5.25. The van der Waals surface area contributed by atoms with E-state index in [4.69, 9.17) is 13.9 Å². The Hall–Kier alpha value is -4.29. The highest BCUT2D eigenvalue weighted by Crippen LogP contribution is 2.45. The lowest BCUT2D eigenvalue weighted by atomic mass is 10.1. The van der Waals surface area contributed by atoms with Crippen molar-refractivity contribution in [2.24, 2.45) is 0 Å². The lowest BCUT2D eigenvalue weighted by molar-refractivity contribution is 0.203. The maximum atomic E-state index is 13.6. The molecule has 212 valence electrons. The van der Waals surface area contributed by atoms with Gasteiger partial charge in [-0.15, -0.1) is 0 Å². The largest absolute Gasteiger partial charge is 0.489 e. The molecule has 0 aliphatic heterocycles. The normalized spacial score (nSPS) is 11.5. The lowest BCUT2D eigenvalue weighted by Gasteiger charge is -2.24. The second kappa shape index (κ2) is 11.8. The van der Waals surface area contributed by atoms with Gasteiger partial charge in [0.1, 0.15) is 17.1 Å². The number of nitrogens with one attached hydrogen (secondary N) is 2. The molecule has 40 heavy (non-hydrogen) atoms. The smallest absolute Gasteiger partial charge is 0.412 e. The van der Waals surface area contributed by atoms with Gasteiger partial charge in [-0.3, -0.25) is 4.31 Å². The zero-order valence-corrected chi connectivity index (χ0v) is 23.2.